The number of ether oxygens (including phenoxy) is 1. The second-order valence-electron chi connectivity index (χ2n) is 5.21. The summed E-state index contributed by atoms with van der Waals surface area (Å²) in [7, 11) is 3.89. The van der Waals surface area contributed by atoms with Crippen LogP contribution < -0.4 is 15.5 Å². The van der Waals surface area contributed by atoms with Crippen molar-refractivity contribution in [3.8, 4) is 0 Å². The Morgan fingerprint density at radius 1 is 1.50 bits per heavy atom. The van der Waals surface area contributed by atoms with Crippen LogP contribution in [0.3, 0.4) is 0 Å². The number of pyridine rings is 1. The van der Waals surface area contributed by atoms with E-state index >= 15 is 0 Å². The van der Waals surface area contributed by atoms with Gasteiger partial charge in [0.1, 0.15) is 5.82 Å². The molecule has 2 rings (SSSR count). The Bertz CT molecular complexity index is 427. The average molecular weight is 278 g/mol. The number of rotatable bonds is 4. The van der Waals surface area contributed by atoms with E-state index < -0.39 is 0 Å². The molecule has 6 heteroatoms. The molecule has 0 bridgehead atoms. The number of aromatic nitrogens is 1. The lowest BCUT2D eigenvalue weighted by Gasteiger charge is -2.22. The van der Waals surface area contributed by atoms with E-state index in [9.17, 15) is 4.79 Å². The van der Waals surface area contributed by atoms with Crippen LogP contribution in [0.2, 0.25) is 0 Å². The van der Waals surface area contributed by atoms with E-state index in [1.807, 2.05) is 25.1 Å². The third-order valence-corrected chi connectivity index (χ3v) is 3.31. The fourth-order valence-corrected chi connectivity index (χ4v) is 2.09. The summed E-state index contributed by atoms with van der Waals surface area (Å²) in [6, 6.07) is 3.48. The summed E-state index contributed by atoms with van der Waals surface area (Å²) in [6.45, 7) is 2.21. The van der Waals surface area contributed by atoms with Crippen LogP contribution in [-0.2, 0) is 4.74 Å². The number of anilines is 2. The van der Waals surface area contributed by atoms with Gasteiger partial charge in [0.05, 0.1) is 18.5 Å². The molecule has 2 heterocycles. The maximum atomic E-state index is 11.8. The first-order chi connectivity index (χ1) is 9.65. The number of nitrogens with zero attached hydrogens (tertiary/aromatic N) is 2. The molecule has 6 nitrogen and oxygen atoms in total. The summed E-state index contributed by atoms with van der Waals surface area (Å²) in [5.74, 6) is 0.964. The van der Waals surface area contributed by atoms with Crippen molar-refractivity contribution in [3.05, 3.63) is 18.3 Å². The summed E-state index contributed by atoms with van der Waals surface area (Å²) in [5, 5.41) is 5.58. The minimum atomic E-state index is -0.222. The highest BCUT2D eigenvalue weighted by molar-refractivity contribution is 5.88. The van der Waals surface area contributed by atoms with Crippen molar-refractivity contribution in [3.63, 3.8) is 0 Å². The van der Waals surface area contributed by atoms with Crippen LogP contribution in [0.15, 0.2) is 18.3 Å². The van der Waals surface area contributed by atoms with Crippen LogP contribution in [-0.4, -0.2) is 44.9 Å². The highest BCUT2D eigenvalue weighted by Gasteiger charge is 2.14. The Kier molecular flexibility index (Phi) is 5.17. The summed E-state index contributed by atoms with van der Waals surface area (Å²) in [5.41, 5.74) is 0.996. The molecule has 0 aromatic carbocycles. The van der Waals surface area contributed by atoms with Gasteiger partial charge in [-0.1, -0.05) is 0 Å². The number of amides is 2. The highest BCUT2D eigenvalue weighted by Crippen LogP contribution is 2.13. The highest BCUT2D eigenvalue weighted by atomic mass is 16.5. The van der Waals surface area contributed by atoms with Gasteiger partial charge < -0.3 is 15.0 Å². The van der Waals surface area contributed by atoms with E-state index in [1.165, 1.54) is 0 Å². The zero-order valence-electron chi connectivity index (χ0n) is 12.1. The second kappa shape index (κ2) is 7.09. The number of carbonyl (C=O) groups is 1. The van der Waals surface area contributed by atoms with Crippen molar-refractivity contribution >= 4 is 17.5 Å². The second-order valence-corrected chi connectivity index (χ2v) is 5.21. The lowest BCUT2D eigenvalue weighted by atomic mass is 10.0. The van der Waals surface area contributed by atoms with Gasteiger partial charge in [-0.25, -0.2) is 9.78 Å². The number of hydrogen-bond acceptors (Lipinski definition) is 4. The van der Waals surface area contributed by atoms with E-state index in [0.29, 0.717) is 18.3 Å². The van der Waals surface area contributed by atoms with Crippen LogP contribution in [0, 0.1) is 5.92 Å². The zero-order chi connectivity index (χ0) is 14.4. The Labute approximate surface area is 119 Å². The Hall–Kier alpha value is -1.82. The summed E-state index contributed by atoms with van der Waals surface area (Å²) in [6.07, 6.45) is 3.90. The first kappa shape index (κ1) is 14.6. The monoisotopic (exact) mass is 278 g/mol. The van der Waals surface area contributed by atoms with Crippen molar-refractivity contribution in [2.24, 2.45) is 5.92 Å². The van der Waals surface area contributed by atoms with E-state index in [-0.39, 0.29) is 6.03 Å². The molecule has 1 aliphatic heterocycles. The molecule has 1 aromatic heterocycles. The van der Waals surface area contributed by atoms with Crippen LogP contribution >= 0.6 is 0 Å². The molecule has 1 aromatic rings. The zero-order valence-corrected chi connectivity index (χ0v) is 12.1. The topological polar surface area (TPSA) is 66.5 Å². The summed E-state index contributed by atoms with van der Waals surface area (Å²) < 4.78 is 5.38. The lowest BCUT2D eigenvalue weighted by Crippen LogP contribution is -2.36. The van der Waals surface area contributed by atoms with Gasteiger partial charge in [-0.05, 0) is 30.9 Å². The Balaban J connectivity index is 1.75. The molecule has 0 radical (unpaired) electrons. The number of nitrogens with one attached hydrogen (secondary N) is 2. The van der Waals surface area contributed by atoms with Crippen LogP contribution in [0.5, 0.6) is 0 Å². The van der Waals surface area contributed by atoms with Gasteiger partial charge >= 0.3 is 6.03 Å². The molecular weight excluding hydrogens is 256 g/mol. The maximum absolute atomic E-state index is 11.8. The van der Waals surface area contributed by atoms with Crippen molar-refractivity contribution in [2.75, 3.05) is 44.1 Å². The third-order valence-electron chi connectivity index (χ3n) is 3.31. The average Bonchev–Trinajstić information content (AvgIpc) is 2.47. The first-order valence-corrected chi connectivity index (χ1v) is 6.91. The predicted molar refractivity (Wildman–Crippen MR) is 79.1 cm³/mol. The van der Waals surface area contributed by atoms with Gasteiger partial charge in [-0.2, -0.15) is 0 Å². The van der Waals surface area contributed by atoms with Crippen LogP contribution in [0.25, 0.3) is 0 Å². The van der Waals surface area contributed by atoms with Gasteiger partial charge in [0.15, 0.2) is 0 Å². The molecule has 110 valence electrons. The third kappa shape index (κ3) is 4.38. The van der Waals surface area contributed by atoms with E-state index in [4.69, 9.17) is 4.74 Å². The molecule has 1 aliphatic rings. The molecule has 0 spiro atoms. The minimum absolute atomic E-state index is 0.222. The molecule has 0 aliphatic carbocycles. The molecule has 1 atom stereocenters. The molecule has 1 fully saturated rings. The Morgan fingerprint density at radius 2 is 2.35 bits per heavy atom. The fraction of sp³-hybridized carbons (Fsp3) is 0.571. The molecule has 2 amide bonds. The number of carbonyl (C=O) groups excluding carboxylic acids is 1. The quantitative estimate of drug-likeness (QED) is 0.879. The SMILES string of the molecule is CN(C)c1ccc(NC(=O)NC[C@@H]2CCCOC2)nc1. The van der Waals surface area contributed by atoms with Gasteiger partial charge in [-0.15, -0.1) is 0 Å². The van der Waals surface area contributed by atoms with Gasteiger partial charge in [0.25, 0.3) is 0 Å². The molecule has 1 saturated heterocycles. The molecule has 0 saturated carbocycles. The molecule has 0 unspecified atom stereocenters. The van der Waals surface area contributed by atoms with Crippen molar-refractivity contribution in [1.29, 1.82) is 0 Å². The lowest BCUT2D eigenvalue weighted by molar-refractivity contribution is 0.0559. The largest absolute Gasteiger partial charge is 0.381 e. The maximum Gasteiger partial charge on any atom is 0.320 e. The standard InChI is InChI=1S/C14H22N4O2/c1-18(2)12-5-6-13(15-9-12)17-14(19)16-8-11-4-3-7-20-10-11/h5-6,9,11H,3-4,7-8,10H2,1-2H3,(H2,15,16,17,19)/t11-/m0/s1. The molecule has 2 N–H and O–H groups in total. The van der Waals surface area contributed by atoms with Crippen molar-refractivity contribution < 1.29 is 9.53 Å². The van der Waals surface area contributed by atoms with E-state index in [0.717, 1.165) is 31.7 Å². The summed E-state index contributed by atoms with van der Waals surface area (Å²) >= 11 is 0. The summed E-state index contributed by atoms with van der Waals surface area (Å²) in [4.78, 5) is 17.9. The molecule has 20 heavy (non-hydrogen) atoms. The van der Waals surface area contributed by atoms with Gasteiger partial charge in [-0.3, -0.25) is 5.32 Å². The minimum Gasteiger partial charge on any atom is -0.381 e. The van der Waals surface area contributed by atoms with Crippen LogP contribution in [0.4, 0.5) is 16.3 Å². The van der Waals surface area contributed by atoms with Crippen molar-refractivity contribution in [1.82, 2.24) is 10.3 Å². The van der Waals surface area contributed by atoms with Gasteiger partial charge in [0, 0.05) is 27.2 Å². The fourth-order valence-electron chi connectivity index (χ4n) is 2.09. The number of hydrogen-bond donors (Lipinski definition) is 2. The first-order valence-electron chi connectivity index (χ1n) is 6.91. The van der Waals surface area contributed by atoms with Crippen molar-refractivity contribution in [2.45, 2.75) is 12.8 Å². The predicted octanol–water partition coefficient (Wildman–Crippen LogP) is 1.70. The number of urea groups is 1. The smallest absolute Gasteiger partial charge is 0.320 e. The van der Waals surface area contributed by atoms with Gasteiger partial charge in [0.2, 0.25) is 0 Å². The van der Waals surface area contributed by atoms with E-state index in [1.54, 1.807) is 12.3 Å². The molecular formula is C14H22N4O2. The Morgan fingerprint density at radius 3 is 2.95 bits per heavy atom. The van der Waals surface area contributed by atoms with Crippen LogP contribution in [0.1, 0.15) is 12.8 Å². The normalized spacial score (nSPS) is 18.4. The van der Waals surface area contributed by atoms with E-state index in [2.05, 4.69) is 15.6 Å².